The van der Waals surface area contributed by atoms with E-state index in [1.807, 2.05) is 17.0 Å². The summed E-state index contributed by atoms with van der Waals surface area (Å²) in [5.41, 5.74) is 1.61. The molecule has 0 bridgehead atoms. The van der Waals surface area contributed by atoms with E-state index in [9.17, 15) is 19.5 Å². The van der Waals surface area contributed by atoms with E-state index >= 15 is 0 Å². The van der Waals surface area contributed by atoms with Crippen molar-refractivity contribution in [2.24, 2.45) is 0 Å². The Bertz CT molecular complexity index is 983. The Balaban J connectivity index is 1.42. The summed E-state index contributed by atoms with van der Waals surface area (Å²) in [5.74, 6) is -0.694. The van der Waals surface area contributed by atoms with Crippen molar-refractivity contribution < 1.29 is 24.2 Å². The van der Waals surface area contributed by atoms with Gasteiger partial charge in [0.2, 0.25) is 5.91 Å². The van der Waals surface area contributed by atoms with Crippen LogP contribution in [-0.4, -0.2) is 66.6 Å². The molecule has 8 heteroatoms. The monoisotopic (exact) mass is 423 g/mol. The van der Waals surface area contributed by atoms with Gasteiger partial charge in [-0.1, -0.05) is 12.1 Å². The van der Waals surface area contributed by atoms with Crippen LogP contribution in [0.1, 0.15) is 23.7 Å². The van der Waals surface area contributed by atoms with Crippen molar-refractivity contribution in [3.63, 3.8) is 0 Å². The normalized spacial score (nSPS) is 19.7. The number of benzene rings is 2. The zero-order chi connectivity index (χ0) is 22.0. The van der Waals surface area contributed by atoms with Crippen molar-refractivity contribution >= 4 is 29.2 Å². The van der Waals surface area contributed by atoms with Crippen LogP contribution in [0.2, 0.25) is 0 Å². The topological polar surface area (TPSA) is 90.4 Å². The lowest BCUT2D eigenvalue weighted by Gasteiger charge is -2.38. The Morgan fingerprint density at radius 2 is 1.71 bits per heavy atom. The Morgan fingerprint density at radius 1 is 1.03 bits per heavy atom. The minimum atomic E-state index is -0.497. The van der Waals surface area contributed by atoms with Gasteiger partial charge in [0.1, 0.15) is 5.75 Å². The van der Waals surface area contributed by atoms with Crippen LogP contribution >= 0.6 is 0 Å². The number of esters is 1. The molecule has 1 atom stereocenters. The molecule has 0 spiro atoms. The molecule has 162 valence electrons. The first-order valence-corrected chi connectivity index (χ1v) is 10.4. The summed E-state index contributed by atoms with van der Waals surface area (Å²) in [6.45, 7) is 4.56. The predicted octanol–water partition coefficient (Wildman–Crippen LogP) is 2.02. The van der Waals surface area contributed by atoms with Crippen LogP contribution < -0.4 is 9.80 Å². The lowest BCUT2D eigenvalue weighted by Crippen LogP contribution is -2.52. The molecule has 0 aromatic heterocycles. The van der Waals surface area contributed by atoms with Gasteiger partial charge in [0.25, 0.3) is 5.91 Å². The molecule has 2 aromatic rings. The first kappa shape index (κ1) is 20.9. The third-order valence-corrected chi connectivity index (χ3v) is 5.74. The number of para-hydroxylation sites is 2. The number of hydrogen-bond donors (Lipinski definition) is 1. The number of piperazine rings is 1. The van der Waals surface area contributed by atoms with Crippen molar-refractivity contribution in [1.29, 1.82) is 0 Å². The van der Waals surface area contributed by atoms with Gasteiger partial charge >= 0.3 is 5.97 Å². The zero-order valence-electron chi connectivity index (χ0n) is 17.4. The Labute approximate surface area is 180 Å². The lowest BCUT2D eigenvalue weighted by molar-refractivity contribution is -0.123. The fourth-order valence-electron chi connectivity index (χ4n) is 4.14. The number of phenolic OH excluding ortho intramolecular Hbond substituents is 1. The summed E-state index contributed by atoms with van der Waals surface area (Å²) in [7, 11) is 0. The highest BCUT2D eigenvalue weighted by Crippen LogP contribution is 2.30. The van der Waals surface area contributed by atoms with E-state index in [1.165, 1.54) is 4.90 Å². The van der Waals surface area contributed by atoms with Crippen LogP contribution in [0.5, 0.6) is 5.75 Å². The number of rotatable bonds is 5. The Kier molecular flexibility index (Phi) is 5.90. The van der Waals surface area contributed by atoms with Crippen LogP contribution in [0.15, 0.2) is 48.5 Å². The van der Waals surface area contributed by atoms with E-state index in [4.69, 9.17) is 4.74 Å². The highest BCUT2D eigenvalue weighted by molar-refractivity contribution is 6.22. The van der Waals surface area contributed by atoms with Crippen molar-refractivity contribution in [3.05, 3.63) is 54.1 Å². The second kappa shape index (κ2) is 8.77. The van der Waals surface area contributed by atoms with Gasteiger partial charge in [0.15, 0.2) is 0 Å². The molecule has 2 saturated heterocycles. The molecule has 4 rings (SSSR count). The summed E-state index contributed by atoms with van der Waals surface area (Å²) >= 11 is 0. The van der Waals surface area contributed by atoms with Crippen LogP contribution in [0, 0.1) is 0 Å². The largest absolute Gasteiger partial charge is 0.506 e. The molecule has 2 amide bonds. The summed E-state index contributed by atoms with van der Waals surface area (Å²) in [6.07, 6.45) is 0.134. The number of carbonyl (C=O) groups is 3. The number of phenols is 1. The van der Waals surface area contributed by atoms with E-state index in [0.717, 1.165) is 5.69 Å². The maximum Gasteiger partial charge on any atom is 0.338 e. The van der Waals surface area contributed by atoms with E-state index < -0.39 is 12.0 Å². The molecule has 1 N–H and O–H groups in total. The Hall–Kier alpha value is -3.39. The predicted molar refractivity (Wildman–Crippen MR) is 115 cm³/mol. The standard InChI is InChI=1S/C23H25N3O5/c1-2-31-23(30)16-7-9-17(10-8-16)26-21(28)15-19(22(26)29)25-13-11-24(12-14-25)18-5-3-4-6-20(18)27/h3-10,19,27H,2,11-15H2,1H3/t19-/m1/s1. The number of carbonyl (C=O) groups excluding carboxylic acids is 3. The molecule has 31 heavy (non-hydrogen) atoms. The first-order chi connectivity index (χ1) is 15.0. The van der Waals surface area contributed by atoms with Gasteiger partial charge in [0.05, 0.1) is 36.0 Å². The summed E-state index contributed by atoms with van der Waals surface area (Å²) < 4.78 is 4.97. The quantitative estimate of drug-likeness (QED) is 0.581. The van der Waals surface area contributed by atoms with E-state index in [-0.39, 0.29) is 30.6 Å². The second-order valence-corrected chi connectivity index (χ2v) is 7.57. The summed E-state index contributed by atoms with van der Waals surface area (Å²) in [4.78, 5) is 42.8. The summed E-state index contributed by atoms with van der Waals surface area (Å²) in [6, 6.07) is 13.0. The smallest absolute Gasteiger partial charge is 0.338 e. The molecule has 2 aliphatic rings. The van der Waals surface area contributed by atoms with Gasteiger partial charge in [-0.25, -0.2) is 9.69 Å². The number of imide groups is 1. The Morgan fingerprint density at radius 3 is 2.35 bits per heavy atom. The molecule has 2 aromatic carbocycles. The lowest BCUT2D eigenvalue weighted by atomic mass is 10.1. The molecule has 2 aliphatic heterocycles. The van der Waals surface area contributed by atoms with Crippen LogP contribution in [-0.2, 0) is 14.3 Å². The minimum Gasteiger partial charge on any atom is -0.506 e. The average molecular weight is 423 g/mol. The van der Waals surface area contributed by atoms with Crippen molar-refractivity contribution in [2.45, 2.75) is 19.4 Å². The second-order valence-electron chi connectivity index (χ2n) is 7.57. The average Bonchev–Trinajstić information content (AvgIpc) is 3.08. The number of aromatic hydroxyl groups is 1. The fourth-order valence-corrected chi connectivity index (χ4v) is 4.14. The van der Waals surface area contributed by atoms with Crippen LogP contribution in [0.4, 0.5) is 11.4 Å². The third kappa shape index (κ3) is 4.11. The maximum absolute atomic E-state index is 13.1. The fraction of sp³-hybridized carbons (Fsp3) is 0.348. The number of hydrogen-bond acceptors (Lipinski definition) is 7. The van der Waals surface area contributed by atoms with Gasteiger partial charge in [-0.15, -0.1) is 0 Å². The van der Waals surface area contributed by atoms with E-state index in [0.29, 0.717) is 37.4 Å². The number of amides is 2. The van der Waals surface area contributed by atoms with Gasteiger partial charge in [0, 0.05) is 26.2 Å². The molecule has 0 unspecified atom stereocenters. The molecule has 2 heterocycles. The summed E-state index contributed by atoms with van der Waals surface area (Å²) in [5, 5.41) is 10.1. The highest BCUT2D eigenvalue weighted by Gasteiger charge is 2.43. The number of ether oxygens (including phenoxy) is 1. The molecule has 0 saturated carbocycles. The third-order valence-electron chi connectivity index (χ3n) is 5.74. The van der Waals surface area contributed by atoms with Crippen LogP contribution in [0.25, 0.3) is 0 Å². The van der Waals surface area contributed by atoms with Crippen molar-refractivity contribution in [2.75, 3.05) is 42.6 Å². The molecular formula is C23H25N3O5. The molecule has 2 fully saturated rings. The van der Waals surface area contributed by atoms with Gasteiger partial charge in [-0.3, -0.25) is 14.5 Å². The molecular weight excluding hydrogens is 398 g/mol. The van der Waals surface area contributed by atoms with Crippen LogP contribution in [0.3, 0.4) is 0 Å². The minimum absolute atomic E-state index is 0.134. The molecule has 0 radical (unpaired) electrons. The zero-order valence-corrected chi connectivity index (χ0v) is 17.4. The van der Waals surface area contributed by atoms with E-state index in [2.05, 4.69) is 4.90 Å². The number of anilines is 2. The SMILES string of the molecule is CCOC(=O)c1ccc(N2C(=O)C[C@@H](N3CCN(c4ccccc4O)CC3)C2=O)cc1. The molecule has 8 nitrogen and oxygen atoms in total. The first-order valence-electron chi connectivity index (χ1n) is 10.4. The van der Waals surface area contributed by atoms with Gasteiger partial charge in [-0.2, -0.15) is 0 Å². The highest BCUT2D eigenvalue weighted by atomic mass is 16.5. The van der Waals surface area contributed by atoms with Crippen molar-refractivity contribution in [1.82, 2.24) is 4.90 Å². The van der Waals surface area contributed by atoms with Gasteiger partial charge < -0.3 is 14.7 Å². The van der Waals surface area contributed by atoms with Crippen molar-refractivity contribution in [3.8, 4) is 5.75 Å². The molecule has 0 aliphatic carbocycles. The van der Waals surface area contributed by atoms with Gasteiger partial charge in [-0.05, 0) is 43.3 Å². The van der Waals surface area contributed by atoms with E-state index in [1.54, 1.807) is 43.3 Å². The maximum atomic E-state index is 13.1. The number of nitrogens with zero attached hydrogens (tertiary/aromatic N) is 3.